The number of amides is 1. The standard InChI is InChI=1S/C14H20N2O.ClH/c1-10-5-2-3-7-12(10)14(17)16-13-8-4-6-11(13)9-15;/h2-3,5,7,11,13H,4,6,8-9,15H2,1H3,(H,16,17);1H. The molecule has 3 N–H and O–H groups in total. The van der Waals surface area contributed by atoms with Gasteiger partial charge in [-0.1, -0.05) is 24.6 Å². The van der Waals surface area contributed by atoms with Crippen LogP contribution in [0.2, 0.25) is 0 Å². The molecule has 100 valence electrons. The first-order chi connectivity index (χ1) is 8.22. The van der Waals surface area contributed by atoms with Crippen molar-refractivity contribution in [1.29, 1.82) is 0 Å². The van der Waals surface area contributed by atoms with Gasteiger partial charge in [0.25, 0.3) is 5.91 Å². The van der Waals surface area contributed by atoms with E-state index in [9.17, 15) is 4.79 Å². The summed E-state index contributed by atoms with van der Waals surface area (Å²) in [5, 5.41) is 3.12. The lowest BCUT2D eigenvalue weighted by atomic mass is 10.0. The second-order valence-corrected chi connectivity index (χ2v) is 4.82. The molecule has 0 aliphatic heterocycles. The third kappa shape index (κ3) is 3.24. The molecule has 4 heteroatoms. The van der Waals surface area contributed by atoms with Crippen molar-refractivity contribution >= 4 is 18.3 Å². The van der Waals surface area contributed by atoms with Crippen LogP contribution < -0.4 is 11.1 Å². The van der Waals surface area contributed by atoms with E-state index in [2.05, 4.69) is 5.32 Å². The van der Waals surface area contributed by atoms with Crippen molar-refractivity contribution in [2.45, 2.75) is 32.2 Å². The highest BCUT2D eigenvalue weighted by atomic mass is 35.5. The third-order valence-electron chi connectivity index (χ3n) is 3.67. The monoisotopic (exact) mass is 268 g/mol. The molecule has 1 aliphatic carbocycles. The number of nitrogens with two attached hydrogens (primary N) is 1. The fourth-order valence-electron chi connectivity index (χ4n) is 2.58. The van der Waals surface area contributed by atoms with Crippen LogP contribution in [0.15, 0.2) is 24.3 Å². The van der Waals surface area contributed by atoms with Gasteiger partial charge >= 0.3 is 0 Å². The van der Waals surface area contributed by atoms with Crippen molar-refractivity contribution in [3.63, 3.8) is 0 Å². The molecule has 0 radical (unpaired) electrons. The second kappa shape index (κ2) is 6.76. The van der Waals surface area contributed by atoms with Gasteiger partial charge in [-0.25, -0.2) is 0 Å². The van der Waals surface area contributed by atoms with Crippen molar-refractivity contribution in [2.75, 3.05) is 6.54 Å². The first kappa shape index (κ1) is 15.0. The number of aryl methyl sites for hydroxylation is 1. The van der Waals surface area contributed by atoms with Crippen LogP contribution in [-0.4, -0.2) is 18.5 Å². The Hall–Kier alpha value is -1.06. The Morgan fingerprint density at radius 2 is 2.11 bits per heavy atom. The van der Waals surface area contributed by atoms with Gasteiger partial charge in [-0.05, 0) is 43.9 Å². The number of hydrogen-bond acceptors (Lipinski definition) is 2. The Morgan fingerprint density at radius 3 is 2.78 bits per heavy atom. The highest BCUT2D eigenvalue weighted by molar-refractivity contribution is 5.95. The van der Waals surface area contributed by atoms with Gasteiger partial charge in [0.05, 0.1) is 0 Å². The molecule has 2 atom stereocenters. The largest absolute Gasteiger partial charge is 0.349 e. The summed E-state index contributed by atoms with van der Waals surface area (Å²) in [7, 11) is 0. The molecule has 1 aromatic rings. The first-order valence-corrected chi connectivity index (χ1v) is 6.29. The maximum absolute atomic E-state index is 12.1. The average molecular weight is 269 g/mol. The van der Waals surface area contributed by atoms with Crippen molar-refractivity contribution in [3.8, 4) is 0 Å². The highest BCUT2D eigenvalue weighted by Crippen LogP contribution is 2.25. The molecule has 18 heavy (non-hydrogen) atoms. The summed E-state index contributed by atoms with van der Waals surface area (Å²) < 4.78 is 0. The molecule has 0 spiro atoms. The lowest BCUT2D eigenvalue weighted by molar-refractivity contribution is 0.0928. The Labute approximate surface area is 115 Å². The molecule has 2 rings (SSSR count). The summed E-state index contributed by atoms with van der Waals surface area (Å²) in [6, 6.07) is 7.94. The lowest BCUT2D eigenvalue weighted by Crippen LogP contribution is -2.40. The molecular weight excluding hydrogens is 248 g/mol. The summed E-state index contributed by atoms with van der Waals surface area (Å²) in [5.74, 6) is 0.483. The molecule has 1 aliphatic rings. The van der Waals surface area contributed by atoms with E-state index in [1.165, 1.54) is 6.42 Å². The molecule has 3 nitrogen and oxygen atoms in total. The summed E-state index contributed by atoms with van der Waals surface area (Å²) in [6.45, 7) is 2.63. The number of hydrogen-bond donors (Lipinski definition) is 2. The zero-order valence-corrected chi connectivity index (χ0v) is 11.5. The quantitative estimate of drug-likeness (QED) is 0.884. The summed E-state index contributed by atoms with van der Waals surface area (Å²) in [6.07, 6.45) is 3.36. The van der Waals surface area contributed by atoms with E-state index in [0.29, 0.717) is 12.5 Å². The number of rotatable bonds is 3. The molecule has 0 saturated heterocycles. The van der Waals surface area contributed by atoms with Crippen molar-refractivity contribution in [2.24, 2.45) is 11.7 Å². The number of halogens is 1. The Morgan fingerprint density at radius 1 is 1.39 bits per heavy atom. The lowest BCUT2D eigenvalue weighted by Gasteiger charge is -2.20. The number of nitrogens with one attached hydrogen (secondary N) is 1. The smallest absolute Gasteiger partial charge is 0.251 e. The minimum atomic E-state index is 0. The van der Waals surface area contributed by atoms with E-state index < -0.39 is 0 Å². The zero-order valence-electron chi connectivity index (χ0n) is 10.7. The fraction of sp³-hybridized carbons (Fsp3) is 0.500. The normalized spacial score (nSPS) is 22.3. The Balaban J connectivity index is 0.00000162. The van der Waals surface area contributed by atoms with Crippen LogP contribution in [0.25, 0.3) is 0 Å². The second-order valence-electron chi connectivity index (χ2n) is 4.82. The molecule has 1 fully saturated rings. The summed E-state index contributed by atoms with van der Waals surface area (Å²) in [5.41, 5.74) is 7.51. The van der Waals surface area contributed by atoms with Gasteiger partial charge in [-0.2, -0.15) is 0 Å². The van der Waals surface area contributed by atoms with E-state index in [0.717, 1.165) is 24.0 Å². The SMILES string of the molecule is Cc1ccccc1C(=O)NC1CCCC1CN.Cl. The molecular formula is C14H21ClN2O. The van der Waals surface area contributed by atoms with Crippen LogP contribution in [0.5, 0.6) is 0 Å². The zero-order chi connectivity index (χ0) is 12.3. The molecule has 1 amide bonds. The topological polar surface area (TPSA) is 55.1 Å². The van der Waals surface area contributed by atoms with Gasteiger partial charge < -0.3 is 11.1 Å². The van der Waals surface area contributed by atoms with Crippen molar-refractivity contribution in [3.05, 3.63) is 35.4 Å². The first-order valence-electron chi connectivity index (χ1n) is 6.29. The average Bonchev–Trinajstić information content (AvgIpc) is 2.76. The third-order valence-corrected chi connectivity index (χ3v) is 3.67. The van der Waals surface area contributed by atoms with Crippen LogP contribution in [-0.2, 0) is 0 Å². The maximum Gasteiger partial charge on any atom is 0.251 e. The van der Waals surface area contributed by atoms with E-state index in [-0.39, 0.29) is 24.4 Å². The number of benzene rings is 1. The molecule has 0 bridgehead atoms. The van der Waals surface area contributed by atoms with Gasteiger partial charge in [-0.15, -0.1) is 12.4 Å². The number of carbonyl (C=O) groups excluding carboxylic acids is 1. The van der Waals surface area contributed by atoms with Crippen molar-refractivity contribution in [1.82, 2.24) is 5.32 Å². The minimum absolute atomic E-state index is 0. The predicted molar refractivity (Wildman–Crippen MR) is 76.1 cm³/mol. The molecule has 0 aromatic heterocycles. The van der Waals surface area contributed by atoms with E-state index in [1.54, 1.807) is 0 Å². The van der Waals surface area contributed by atoms with Crippen LogP contribution in [0.1, 0.15) is 35.2 Å². The molecule has 1 saturated carbocycles. The van der Waals surface area contributed by atoms with Crippen LogP contribution in [0, 0.1) is 12.8 Å². The van der Waals surface area contributed by atoms with Gasteiger partial charge in [0, 0.05) is 11.6 Å². The Bertz CT molecular complexity index is 409. The van der Waals surface area contributed by atoms with E-state index >= 15 is 0 Å². The predicted octanol–water partition coefficient (Wildman–Crippen LogP) is 2.27. The van der Waals surface area contributed by atoms with Gasteiger partial charge in [-0.3, -0.25) is 4.79 Å². The molecule has 1 aromatic carbocycles. The van der Waals surface area contributed by atoms with Crippen LogP contribution in [0.3, 0.4) is 0 Å². The Kier molecular flexibility index (Phi) is 5.63. The highest BCUT2D eigenvalue weighted by Gasteiger charge is 2.27. The molecule has 0 heterocycles. The van der Waals surface area contributed by atoms with E-state index in [4.69, 9.17) is 5.73 Å². The minimum Gasteiger partial charge on any atom is -0.349 e. The van der Waals surface area contributed by atoms with Crippen LogP contribution >= 0.6 is 12.4 Å². The fourth-order valence-corrected chi connectivity index (χ4v) is 2.58. The van der Waals surface area contributed by atoms with Gasteiger partial charge in [0.15, 0.2) is 0 Å². The summed E-state index contributed by atoms with van der Waals surface area (Å²) in [4.78, 5) is 12.1. The molecule has 2 unspecified atom stereocenters. The number of carbonyl (C=O) groups is 1. The van der Waals surface area contributed by atoms with Crippen LogP contribution in [0.4, 0.5) is 0 Å². The van der Waals surface area contributed by atoms with Gasteiger partial charge in [0.2, 0.25) is 0 Å². The van der Waals surface area contributed by atoms with Gasteiger partial charge in [0.1, 0.15) is 0 Å². The van der Waals surface area contributed by atoms with E-state index in [1.807, 2.05) is 31.2 Å². The summed E-state index contributed by atoms with van der Waals surface area (Å²) >= 11 is 0. The maximum atomic E-state index is 12.1. The van der Waals surface area contributed by atoms with Crippen molar-refractivity contribution < 1.29 is 4.79 Å².